The zero-order valence-electron chi connectivity index (χ0n) is 14.7. The summed E-state index contributed by atoms with van der Waals surface area (Å²) >= 11 is 0. The van der Waals surface area contributed by atoms with Gasteiger partial charge in [0.2, 0.25) is 0 Å². The van der Waals surface area contributed by atoms with Gasteiger partial charge >= 0.3 is 6.03 Å². The molecule has 0 spiro atoms. The van der Waals surface area contributed by atoms with E-state index in [1.165, 1.54) is 4.90 Å². The van der Waals surface area contributed by atoms with E-state index in [0.717, 1.165) is 40.7 Å². The van der Waals surface area contributed by atoms with E-state index in [1.54, 1.807) is 30.9 Å². The Bertz CT molecular complexity index is 988. The molecule has 1 aliphatic rings. The van der Waals surface area contributed by atoms with E-state index in [2.05, 4.69) is 15.0 Å². The molecule has 0 aromatic carbocycles. The molecule has 7 nitrogen and oxygen atoms in total. The van der Waals surface area contributed by atoms with Gasteiger partial charge in [0.25, 0.3) is 0 Å². The van der Waals surface area contributed by atoms with Crippen LogP contribution in [0.4, 0.5) is 10.6 Å². The van der Waals surface area contributed by atoms with Gasteiger partial charge in [-0.15, -0.1) is 0 Å². The van der Waals surface area contributed by atoms with Crippen LogP contribution in [0.3, 0.4) is 0 Å². The normalized spacial score (nSPS) is 13.3. The second kappa shape index (κ2) is 7.13. The lowest BCUT2D eigenvalue weighted by atomic mass is 9.99. The van der Waals surface area contributed by atoms with Gasteiger partial charge in [-0.25, -0.2) is 9.78 Å². The maximum Gasteiger partial charge on any atom is 0.320 e. The maximum absolute atomic E-state index is 11.6. The van der Waals surface area contributed by atoms with Crippen molar-refractivity contribution in [1.82, 2.24) is 15.0 Å². The Morgan fingerprint density at radius 1 is 1.04 bits per heavy atom. The molecule has 0 atom stereocenters. The number of aryl methyl sites for hydroxylation is 1. The summed E-state index contributed by atoms with van der Waals surface area (Å²) in [6.45, 7) is 0.518. The van der Waals surface area contributed by atoms with Crippen LogP contribution in [-0.4, -0.2) is 32.6 Å². The third-order valence-corrected chi connectivity index (χ3v) is 4.68. The number of urea groups is 1. The summed E-state index contributed by atoms with van der Waals surface area (Å²) in [6.07, 6.45) is 8.76. The van der Waals surface area contributed by atoms with Crippen molar-refractivity contribution in [2.45, 2.75) is 19.4 Å². The van der Waals surface area contributed by atoms with Crippen LogP contribution in [0.1, 0.15) is 17.7 Å². The standard InChI is InChI=1S/C20H19N5O2/c21-20(27)25-5-1-2-13-6-17(11-24-19(13)25)16-7-15(8-22-9-16)14-3-4-18(12-26)23-10-14/h3-4,6-11,26H,1-2,5,12H2,(H2,21,27). The predicted molar refractivity (Wildman–Crippen MR) is 102 cm³/mol. The second-order valence-corrected chi connectivity index (χ2v) is 6.46. The molecule has 27 heavy (non-hydrogen) atoms. The number of aliphatic hydroxyl groups excluding tert-OH is 1. The maximum atomic E-state index is 11.6. The average Bonchev–Trinajstić information content (AvgIpc) is 2.73. The van der Waals surface area contributed by atoms with Gasteiger partial charge in [0.15, 0.2) is 0 Å². The lowest BCUT2D eigenvalue weighted by Gasteiger charge is -2.26. The second-order valence-electron chi connectivity index (χ2n) is 6.46. The third kappa shape index (κ3) is 3.37. The zero-order valence-corrected chi connectivity index (χ0v) is 14.7. The fourth-order valence-corrected chi connectivity index (χ4v) is 3.28. The first kappa shape index (κ1) is 17.1. The molecular weight excluding hydrogens is 342 g/mol. The molecule has 1 aliphatic heterocycles. The highest BCUT2D eigenvalue weighted by atomic mass is 16.3. The molecule has 7 heteroatoms. The number of aromatic nitrogens is 3. The minimum Gasteiger partial charge on any atom is -0.390 e. The van der Waals surface area contributed by atoms with E-state index in [9.17, 15) is 4.79 Å². The van der Waals surface area contributed by atoms with Crippen molar-refractivity contribution in [3.8, 4) is 22.3 Å². The molecule has 0 fully saturated rings. The molecule has 3 aromatic rings. The van der Waals surface area contributed by atoms with Gasteiger partial charge in [-0.1, -0.05) is 6.07 Å². The summed E-state index contributed by atoms with van der Waals surface area (Å²) in [5.41, 5.74) is 10.8. The van der Waals surface area contributed by atoms with Crippen LogP contribution in [0.25, 0.3) is 22.3 Å². The lowest BCUT2D eigenvalue weighted by molar-refractivity contribution is 0.253. The molecule has 4 heterocycles. The third-order valence-electron chi connectivity index (χ3n) is 4.68. The van der Waals surface area contributed by atoms with Crippen LogP contribution in [-0.2, 0) is 13.0 Å². The van der Waals surface area contributed by atoms with Crippen LogP contribution in [0.5, 0.6) is 0 Å². The Morgan fingerprint density at radius 3 is 2.48 bits per heavy atom. The highest BCUT2D eigenvalue weighted by Crippen LogP contribution is 2.30. The van der Waals surface area contributed by atoms with E-state index in [-0.39, 0.29) is 6.61 Å². The lowest BCUT2D eigenvalue weighted by Crippen LogP contribution is -2.40. The first-order valence-corrected chi connectivity index (χ1v) is 8.73. The first-order valence-electron chi connectivity index (χ1n) is 8.73. The van der Waals surface area contributed by atoms with Crippen molar-refractivity contribution in [3.63, 3.8) is 0 Å². The Hall–Kier alpha value is -3.32. The highest BCUT2D eigenvalue weighted by molar-refractivity contribution is 5.91. The van der Waals surface area contributed by atoms with Crippen molar-refractivity contribution in [3.05, 3.63) is 60.3 Å². The van der Waals surface area contributed by atoms with Gasteiger partial charge in [-0.05, 0) is 36.6 Å². The SMILES string of the molecule is NC(=O)N1CCCc2cc(-c3cncc(-c4ccc(CO)nc4)c3)cnc21. The van der Waals surface area contributed by atoms with Gasteiger partial charge < -0.3 is 10.8 Å². The molecule has 3 N–H and O–H groups in total. The minimum atomic E-state index is -0.473. The number of anilines is 1. The number of primary amides is 1. The number of amides is 2. The molecule has 0 unspecified atom stereocenters. The summed E-state index contributed by atoms with van der Waals surface area (Å²) in [4.78, 5) is 26.2. The number of carbonyl (C=O) groups excluding carboxylic acids is 1. The van der Waals surface area contributed by atoms with Crippen molar-refractivity contribution in [2.75, 3.05) is 11.4 Å². The summed E-state index contributed by atoms with van der Waals surface area (Å²) < 4.78 is 0. The van der Waals surface area contributed by atoms with Crippen LogP contribution in [0, 0.1) is 0 Å². The number of pyridine rings is 3. The summed E-state index contributed by atoms with van der Waals surface area (Å²) in [5.74, 6) is 0.644. The molecule has 0 saturated carbocycles. The van der Waals surface area contributed by atoms with Crippen molar-refractivity contribution < 1.29 is 9.90 Å². The molecule has 4 rings (SSSR count). The number of hydrogen-bond acceptors (Lipinski definition) is 5. The van der Waals surface area contributed by atoms with Gasteiger partial charge in [-0.2, -0.15) is 0 Å². The highest BCUT2D eigenvalue weighted by Gasteiger charge is 2.22. The van der Waals surface area contributed by atoms with Crippen molar-refractivity contribution in [2.24, 2.45) is 5.73 Å². The van der Waals surface area contributed by atoms with E-state index in [1.807, 2.05) is 18.2 Å². The number of hydrogen-bond donors (Lipinski definition) is 2. The van der Waals surface area contributed by atoms with Gasteiger partial charge in [0.1, 0.15) is 5.82 Å². The van der Waals surface area contributed by atoms with Gasteiger partial charge in [0, 0.05) is 53.6 Å². The van der Waals surface area contributed by atoms with Crippen LogP contribution in [0.15, 0.2) is 49.1 Å². The van der Waals surface area contributed by atoms with Crippen LogP contribution in [0.2, 0.25) is 0 Å². The topological polar surface area (TPSA) is 105 Å². The number of rotatable bonds is 3. The Balaban J connectivity index is 1.69. The molecule has 0 saturated heterocycles. The monoisotopic (exact) mass is 361 g/mol. The van der Waals surface area contributed by atoms with Crippen molar-refractivity contribution >= 4 is 11.8 Å². The van der Waals surface area contributed by atoms with E-state index >= 15 is 0 Å². The number of aliphatic hydroxyl groups is 1. The minimum absolute atomic E-state index is 0.0817. The van der Waals surface area contributed by atoms with E-state index in [0.29, 0.717) is 18.1 Å². The quantitative estimate of drug-likeness (QED) is 0.746. The molecule has 0 radical (unpaired) electrons. The fourth-order valence-electron chi connectivity index (χ4n) is 3.28. The van der Waals surface area contributed by atoms with E-state index < -0.39 is 6.03 Å². The Labute approximate surface area is 156 Å². The molecule has 136 valence electrons. The first-order chi connectivity index (χ1) is 13.2. The van der Waals surface area contributed by atoms with Crippen LogP contribution >= 0.6 is 0 Å². The Morgan fingerprint density at radius 2 is 1.78 bits per heavy atom. The predicted octanol–water partition coefficient (Wildman–Crippen LogP) is 2.53. The summed E-state index contributed by atoms with van der Waals surface area (Å²) in [6, 6.07) is 7.31. The summed E-state index contributed by atoms with van der Waals surface area (Å²) in [7, 11) is 0. The summed E-state index contributed by atoms with van der Waals surface area (Å²) in [5, 5.41) is 9.13. The fraction of sp³-hybridized carbons (Fsp3) is 0.200. The average molecular weight is 361 g/mol. The molecule has 0 bridgehead atoms. The zero-order chi connectivity index (χ0) is 18.8. The van der Waals surface area contributed by atoms with E-state index in [4.69, 9.17) is 10.8 Å². The number of nitrogens with two attached hydrogens (primary N) is 1. The largest absolute Gasteiger partial charge is 0.390 e. The molecule has 0 aliphatic carbocycles. The number of carbonyl (C=O) groups is 1. The Kier molecular flexibility index (Phi) is 4.52. The van der Waals surface area contributed by atoms with Gasteiger partial charge in [-0.3, -0.25) is 14.9 Å². The van der Waals surface area contributed by atoms with Crippen molar-refractivity contribution in [1.29, 1.82) is 0 Å². The number of nitrogens with zero attached hydrogens (tertiary/aromatic N) is 4. The number of fused-ring (bicyclic) bond motifs is 1. The molecule has 3 aromatic heterocycles. The smallest absolute Gasteiger partial charge is 0.320 e. The molecule has 2 amide bonds. The van der Waals surface area contributed by atoms with Crippen LogP contribution < -0.4 is 10.6 Å². The molecular formula is C20H19N5O2. The van der Waals surface area contributed by atoms with Gasteiger partial charge in [0.05, 0.1) is 12.3 Å².